The number of nitrogens with zero attached hydrogens (tertiary/aromatic N) is 1. The molecule has 0 saturated heterocycles. The largest absolute Gasteiger partial charge is 0.366 e. The van der Waals surface area contributed by atoms with E-state index in [0.717, 1.165) is 0 Å². The van der Waals surface area contributed by atoms with Crippen molar-refractivity contribution in [1.29, 1.82) is 0 Å². The zero-order chi connectivity index (χ0) is 15.5. The second kappa shape index (κ2) is 6.47. The van der Waals surface area contributed by atoms with Crippen LogP contribution in [0, 0.1) is 0 Å². The molecule has 114 valence electrons. The third-order valence-corrected chi connectivity index (χ3v) is 6.73. The predicted octanol–water partition coefficient (Wildman–Crippen LogP) is 5.91. The van der Waals surface area contributed by atoms with Gasteiger partial charge in [-0.3, -0.25) is 0 Å². The van der Waals surface area contributed by atoms with Crippen molar-refractivity contribution in [3.05, 3.63) is 11.8 Å². The van der Waals surface area contributed by atoms with Crippen molar-refractivity contribution in [2.75, 3.05) is 0 Å². The van der Waals surface area contributed by atoms with Crippen molar-refractivity contribution in [1.82, 2.24) is 4.90 Å². The molecule has 0 radical (unpaired) electrons. The topological polar surface area (TPSA) is 3.24 Å². The van der Waals surface area contributed by atoms with Gasteiger partial charge in [-0.25, -0.2) is 0 Å². The van der Waals surface area contributed by atoms with Gasteiger partial charge in [-0.2, -0.15) is 0 Å². The molecule has 0 aromatic heterocycles. The minimum absolute atomic E-state index is 0.176. The molecule has 0 rings (SSSR count). The standard InChI is InChI=1S/C17H37NSi/c1-11-13-19(9,10)14-12-15(2)18(16(3,4)5)17(6,7)8/h12H,11,13-14H2,1-10H3. The Morgan fingerprint density at radius 2 is 1.42 bits per heavy atom. The second-order valence-electron chi connectivity index (χ2n) is 8.64. The van der Waals surface area contributed by atoms with E-state index in [0.29, 0.717) is 0 Å². The maximum atomic E-state index is 2.57. The zero-order valence-corrected chi connectivity index (χ0v) is 16.1. The van der Waals surface area contributed by atoms with Gasteiger partial charge in [0, 0.05) is 16.8 Å². The first-order chi connectivity index (χ1) is 8.31. The van der Waals surface area contributed by atoms with Crippen LogP contribution in [0.1, 0.15) is 61.8 Å². The van der Waals surface area contributed by atoms with Crippen molar-refractivity contribution >= 4 is 8.07 Å². The molecule has 0 heterocycles. The van der Waals surface area contributed by atoms with Crippen molar-refractivity contribution in [3.63, 3.8) is 0 Å². The summed E-state index contributed by atoms with van der Waals surface area (Å²) in [4.78, 5) is 2.57. The van der Waals surface area contributed by atoms with Crippen LogP contribution in [0.5, 0.6) is 0 Å². The lowest BCUT2D eigenvalue weighted by Crippen LogP contribution is -2.51. The monoisotopic (exact) mass is 283 g/mol. The molecule has 0 spiro atoms. The normalized spacial score (nSPS) is 14.7. The Morgan fingerprint density at radius 1 is 1.00 bits per heavy atom. The average Bonchev–Trinajstić information content (AvgIpc) is 2.10. The van der Waals surface area contributed by atoms with Crippen molar-refractivity contribution in [2.24, 2.45) is 0 Å². The van der Waals surface area contributed by atoms with Crippen LogP contribution >= 0.6 is 0 Å². The highest BCUT2D eigenvalue weighted by Gasteiger charge is 2.31. The van der Waals surface area contributed by atoms with Crippen LogP contribution in [0.2, 0.25) is 25.2 Å². The van der Waals surface area contributed by atoms with Crippen LogP contribution in [0.15, 0.2) is 11.8 Å². The fourth-order valence-corrected chi connectivity index (χ4v) is 5.76. The summed E-state index contributed by atoms with van der Waals surface area (Å²) < 4.78 is 0. The van der Waals surface area contributed by atoms with Gasteiger partial charge in [0.2, 0.25) is 0 Å². The molecule has 0 amide bonds. The Hall–Kier alpha value is -0.243. The highest BCUT2D eigenvalue weighted by molar-refractivity contribution is 6.77. The van der Waals surface area contributed by atoms with Gasteiger partial charge in [-0.15, -0.1) is 0 Å². The third-order valence-electron chi connectivity index (χ3n) is 3.57. The summed E-state index contributed by atoms with van der Waals surface area (Å²) in [5, 5.41) is 0. The van der Waals surface area contributed by atoms with Gasteiger partial charge in [-0.05, 0) is 54.5 Å². The van der Waals surface area contributed by atoms with E-state index in [1.54, 1.807) is 0 Å². The molecule has 0 N–H and O–H groups in total. The Labute approximate surface area is 123 Å². The molecule has 0 aliphatic rings. The summed E-state index contributed by atoms with van der Waals surface area (Å²) >= 11 is 0. The third kappa shape index (κ3) is 6.65. The maximum Gasteiger partial charge on any atom is 0.0511 e. The molecule has 2 heteroatoms. The summed E-state index contributed by atoms with van der Waals surface area (Å²) in [6.45, 7) is 23.5. The van der Waals surface area contributed by atoms with Crippen LogP contribution in [0.4, 0.5) is 0 Å². The number of hydrogen-bond acceptors (Lipinski definition) is 1. The van der Waals surface area contributed by atoms with E-state index in [9.17, 15) is 0 Å². The Kier molecular flexibility index (Phi) is 6.39. The second-order valence-corrected chi connectivity index (χ2v) is 13.9. The molecule has 0 saturated carbocycles. The van der Waals surface area contributed by atoms with Crippen molar-refractivity contribution in [3.8, 4) is 0 Å². The molecule has 0 aliphatic carbocycles. The fourth-order valence-electron chi connectivity index (χ4n) is 3.36. The lowest BCUT2D eigenvalue weighted by atomic mass is 9.95. The van der Waals surface area contributed by atoms with E-state index in [2.05, 4.69) is 79.5 Å². The van der Waals surface area contributed by atoms with E-state index >= 15 is 0 Å². The minimum atomic E-state index is -1.03. The van der Waals surface area contributed by atoms with Crippen LogP contribution in [0.3, 0.4) is 0 Å². The molecule has 0 aromatic rings. The van der Waals surface area contributed by atoms with E-state index in [4.69, 9.17) is 0 Å². The van der Waals surface area contributed by atoms with E-state index < -0.39 is 8.07 Å². The Morgan fingerprint density at radius 3 is 1.74 bits per heavy atom. The number of rotatable bonds is 5. The molecule has 0 aromatic carbocycles. The first-order valence-electron chi connectivity index (χ1n) is 7.78. The van der Waals surface area contributed by atoms with Gasteiger partial charge in [-0.1, -0.05) is 38.6 Å². The molecule has 0 bridgehead atoms. The highest BCUT2D eigenvalue weighted by Crippen LogP contribution is 2.30. The quantitative estimate of drug-likeness (QED) is 0.567. The van der Waals surface area contributed by atoms with Gasteiger partial charge < -0.3 is 4.90 Å². The number of allylic oxidation sites excluding steroid dienone is 2. The maximum absolute atomic E-state index is 2.57. The fraction of sp³-hybridized carbons (Fsp3) is 0.882. The Balaban J connectivity index is 5.08. The molecular weight excluding hydrogens is 246 g/mol. The van der Waals surface area contributed by atoms with Gasteiger partial charge in [0.05, 0.1) is 8.07 Å². The summed E-state index contributed by atoms with van der Waals surface area (Å²) in [7, 11) is -1.03. The lowest BCUT2D eigenvalue weighted by Gasteiger charge is -2.48. The van der Waals surface area contributed by atoms with Crippen LogP contribution in [-0.2, 0) is 0 Å². The summed E-state index contributed by atoms with van der Waals surface area (Å²) in [5.74, 6) is 0. The van der Waals surface area contributed by atoms with E-state index in [1.165, 1.54) is 24.2 Å². The smallest absolute Gasteiger partial charge is 0.0511 e. The molecule has 0 fully saturated rings. The SMILES string of the molecule is CCC[Si](C)(C)CC=C(C)N(C(C)(C)C)C(C)(C)C. The van der Waals surface area contributed by atoms with Crippen LogP contribution in [0.25, 0.3) is 0 Å². The van der Waals surface area contributed by atoms with Gasteiger partial charge in [0.1, 0.15) is 0 Å². The van der Waals surface area contributed by atoms with Gasteiger partial charge in [0.25, 0.3) is 0 Å². The molecule has 0 aliphatic heterocycles. The van der Waals surface area contributed by atoms with Crippen LogP contribution < -0.4 is 0 Å². The first kappa shape index (κ1) is 18.8. The zero-order valence-electron chi connectivity index (χ0n) is 15.1. The molecule has 0 unspecified atom stereocenters. The van der Waals surface area contributed by atoms with E-state index in [-0.39, 0.29) is 11.1 Å². The van der Waals surface area contributed by atoms with Crippen LogP contribution in [-0.4, -0.2) is 24.1 Å². The van der Waals surface area contributed by atoms with Crippen molar-refractivity contribution in [2.45, 2.75) is 98.1 Å². The summed E-state index contributed by atoms with van der Waals surface area (Å²) in [5.41, 5.74) is 1.79. The molecule has 1 nitrogen and oxygen atoms in total. The van der Waals surface area contributed by atoms with Gasteiger partial charge in [0.15, 0.2) is 0 Å². The Bertz CT molecular complexity index is 288. The number of hydrogen-bond donors (Lipinski definition) is 0. The molecule has 19 heavy (non-hydrogen) atoms. The lowest BCUT2D eigenvalue weighted by molar-refractivity contribution is 0.0792. The highest BCUT2D eigenvalue weighted by atomic mass is 28.3. The summed E-state index contributed by atoms with van der Waals surface area (Å²) in [6, 6.07) is 2.73. The van der Waals surface area contributed by atoms with Gasteiger partial charge >= 0.3 is 0 Å². The van der Waals surface area contributed by atoms with E-state index in [1.807, 2.05) is 0 Å². The minimum Gasteiger partial charge on any atom is -0.366 e. The average molecular weight is 284 g/mol. The first-order valence-corrected chi connectivity index (χ1v) is 11.2. The van der Waals surface area contributed by atoms with Crippen molar-refractivity contribution < 1.29 is 0 Å². The molecule has 0 atom stereocenters. The molecular formula is C17H37NSi. The summed E-state index contributed by atoms with van der Waals surface area (Å²) in [6.07, 6.45) is 3.83. The predicted molar refractivity (Wildman–Crippen MR) is 92.5 cm³/mol.